The predicted molar refractivity (Wildman–Crippen MR) is 77.6 cm³/mol. The highest BCUT2D eigenvalue weighted by Gasteiger charge is 2.44. The molecule has 3 rings (SSSR count). The predicted octanol–water partition coefficient (Wildman–Crippen LogP) is 0.830. The van der Waals surface area contributed by atoms with Gasteiger partial charge in [-0.05, 0) is 6.42 Å². The number of aromatic amines is 1. The van der Waals surface area contributed by atoms with Gasteiger partial charge >= 0.3 is 8.25 Å². The molecule has 2 aromatic heterocycles. The molecule has 0 amide bonds. The summed E-state index contributed by atoms with van der Waals surface area (Å²) in [5, 5.41) is 0. The van der Waals surface area contributed by atoms with Crippen molar-refractivity contribution in [1.82, 2.24) is 19.5 Å². The number of fused-ring (bicyclic) bond motifs is 1. The van der Waals surface area contributed by atoms with Crippen molar-refractivity contribution in [3.63, 3.8) is 0 Å². The van der Waals surface area contributed by atoms with E-state index in [-0.39, 0.29) is 23.1 Å². The van der Waals surface area contributed by atoms with E-state index in [0.717, 1.165) is 6.42 Å². The molecule has 0 saturated carbocycles. The number of rotatable bonds is 4. The molecular formula is C12H17N4O5P. The molecule has 2 N–H and O–H groups in total. The zero-order valence-corrected chi connectivity index (χ0v) is 13.1. The summed E-state index contributed by atoms with van der Waals surface area (Å²) in [6.45, 7) is 3.88. The Bertz CT molecular complexity index is 759. The molecule has 3 heterocycles. The van der Waals surface area contributed by atoms with E-state index < -0.39 is 20.6 Å². The summed E-state index contributed by atoms with van der Waals surface area (Å²) in [5.41, 5.74) is 0.188. The highest BCUT2D eigenvalue weighted by molar-refractivity contribution is 7.32. The Labute approximate surface area is 126 Å². The van der Waals surface area contributed by atoms with Crippen molar-refractivity contribution in [1.29, 1.82) is 0 Å². The van der Waals surface area contributed by atoms with Gasteiger partial charge in [0, 0.05) is 5.92 Å². The van der Waals surface area contributed by atoms with Crippen LogP contribution in [-0.2, 0) is 13.8 Å². The summed E-state index contributed by atoms with van der Waals surface area (Å²) in [5.74, 6) is -0.0736. The molecule has 10 heteroatoms. The average Bonchev–Trinajstić information content (AvgIpc) is 3.02. The minimum atomic E-state index is -3.12. The van der Waals surface area contributed by atoms with E-state index in [2.05, 4.69) is 15.0 Å². The van der Waals surface area contributed by atoms with Gasteiger partial charge in [-0.15, -0.1) is 0 Å². The first-order valence-electron chi connectivity index (χ1n) is 6.98. The van der Waals surface area contributed by atoms with E-state index in [1.807, 2.05) is 13.8 Å². The van der Waals surface area contributed by atoms with Crippen molar-refractivity contribution in [3.8, 4) is 0 Å². The van der Waals surface area contributed by atoms with Crippen LogP contribution in [0.1, 0.15) is 26.5 Å². The van der Waals surface area contributed by atoms with Crippen LogP contribution < -0.4 is 5.56 Å². The van der Waals surface area contributed by atoms with Crippen LogP contribution in [0.2, 0.25) is 0 Å². The van der Waals surface area contributed by atoms with E-state index in [9.17, 15) is 9.36 Å². The van der Waals surface area contributed by atoms with E-state index in [1.165, 1.54) is 12.7 Å². The molecule has 2 aromatic rings. The summed E-state index contributed by atoms with van der Waals surface area (Å²) < 4.78 is 23.8. The molecule has 0 bridgehead atoms. The molecule has 22 heavy (non-hydrogen) atoms. The first-order chi connectivity index (χ1) is 10.5. The molecule has 0 aliphatic carbocycles. The second-order valence-corrected chi connectivity index (χ2v) is 6.00. The third kappa shape index (κ3) is 2.50. The minimum Gasteiger partial charge on any atom is -0.352 e. The lowest BCUT2D eigenvalue weighted by atomic mass is 9.99. The fraction of sp³-hybridized carbons (Fsp3) is 0.583. The summed E-state index contributed by atoms with van der Waals surface area (Å²) >= 11 is 0. The van der Waals surface area contributed by atoms with Crippen molar-refractivity contribution in [2.45, 2.75) is 38.7 Å². The summed E-state index contributed by atoms with van der Waals surface area (Å²) in [6, 6.07) is 0. The molecule has 0 aromatic carbocycles. The van der Waals surface area contributed by atoms with Gasteiger partial charge in [0.1, 0.15) is 6.10 Å². The molecule has 0 radical (unpaired) electrons. The molecule has 5 atom stereocenters. The number of ether oxygens (including phenoxy) is 1. The standard InChI is InChI=1S/C12H17N4O5P/c1-3-7-6(2)9(21-22(18)19)12(20-7)16-5-15-8-10(16)13-4-14-11(8)17/h4-7,9,12,22H,3H2,1-2H3,(H,18,19)(H,13,14,17)/t6-,7-,9-,12-/m1/s1. The van der Waals surface area contributed by atoms with Gasteiger partial charge in [-0.2, -0.15) is 0 Å². The van der Waals surface area contributed by atoms with Crippen LogP contribution in [0.5, 0.6) is 0 Å². The average molecular weight is 328 g/mol. The van der Waals surface area contributed by atoms with Gasteiger partial charge in [-0.1, -0.05) is 13.8 Å². The SMILES string of the molecule is CC[C@H]1O[C@@H](n2cnc3c(=O)[nH]cnc32)[C@H](O[PH](=O)O)[C@@H]1C. The Morgan fingerprint density at radius 3 is 3.00 bits per heavy atom. The number of hydrogen-bond acceptors (Lipinski definition) is 6. The van der Waals surface area contributed by atoms with Crippen LogP contribution in [0.15, 0.2) is 17.4 Å². The molecule has 1 saturated heterocycles. The molecular weight excluding hydrogens is 311 g/mol. The monoisotopic (exact) mass is 328 g/mol. The first-order valence-corrected chi connectivity index (χ1v) is 8.24. The quantitative estimate of drug-likeness (QED) is 0.798. The maximum absolute atomic E-state index is 11.7. The zero-order valence-electron chi connectivity index (χ0n) is 12.1. The number of H-pyrrole nitrogens is 1. The number of imidazole rings is 1. The molecule has 120 valence electrons. The van der Waals surface area contributed by atoms with Gasteiger partial charge in [0.15, 0.2) is 17.4 Å². The summed E-state index contributed by atoms with van der Waals surface area (Å²) in [7, 11) is -3.12. The van der Waals surface area contributed by atoms with Gasteiger partial charge in [0.2, 0.25) is 0 Å². The molecule has 0 spiro atoms. The van der Waals surface area contributed by atoms with Crippen LogP contribution in [-0.4, -0.2) is 36.6 Å². The van der Waals surface area contributed by atoms with Crippen molar-refractivity contribution in [3.05, 3.63) is 23.0 Å². The Hall–Kier alpha value is -1.54. The maximum atomic E-state index is 11.7. The third-order valence-corrected chi connectivity index (χ3v) is 4.45. The van der Waals surface area contributed by atoms with Gasteiger partial charge in [-0.25, -0.2) is 9.97 Å². The zero-order chi connectivity index (χ0) is 15.9. The fourth-order valence-corrected chi connectivity index (χ4v) is 3.44. The van der Waals surface area contributed by atoms with E-state index >= 15 is 0 Å². The third-order valence-electron chi connectivity index (χ3n) is 3.98. The van der Waals surface area contributed by atoms with E-state index in [0.29, 0.717) is 5.65 Å². The second-order valence-electron chi connectivity index (χ2n) is 5.24. The molecule has 9 nitrogen and oxygen atoms in total. The maximum Gasteiger partial charge on any atom is 0.317 e. The lowest BCUT2D eigenvalue weighted by Gasteiger charge is -2.21. The molecule has 1 fully saturated rings. The molecule has 1 aliphatic rings. The first kappa shape index (κ1) is 15.4. The van der Waals surface area contributed by atoms with Gasteiger partial charge in [0.05, 0.1) is 18.8 Å². The highest BCUT2D eigenvalue weighted by atomic mass is 31.1. The van der Waals surface area contributed by atoms with E-state index in [4.69, 9.17) is 14.2 Å². The topological polar surface area (TPSA) is 119 Å². The van der Waals surface area contributed by atoms with Crippen LogP contribution in [0.25, 0.3) is 11.2 Å². The van der Waals surface area contributed by atoms with Gasteiger partial charge in [-0.3, -0.25) is 13.9 Å². The lowest BCUT2D eigenvalue weighted by Crippen LogP contribution is -2.26. The smallest absolute Gasteiger partial charge is 0.317 e. The Kier molecular flexibility index (Phi) is 4.14. The molecule has 1 aliphatic heterocycles. The van der Waals surface area contributed by atoms with Gasteiger partial charge < -0.3 is 19.1 Å². The number of hydrogen-bond donors (Lipinski definition) is 2. The highest BCUT2D eigenvalue weighted by Crippen LogP contribution is 2.41. The van der Waals surface area contributed by atoms with Gasteiger partial charge in [0.25, 0.3) is 5.56 Å². The van der Waals surface area contributed by atoms with Crippen LogP contribution in [0, 0.1) is 5.92 Å². The van der Waals surface area contributed by atoms with Crippen LogP contribution in [0.4, 0.5) is 0 Å². The van der Waals surface area contributed by atoms with Crippen molar-refractivity contribution < 1.29 is 18.7 Å². The minimum absolute atomic E-state index is 0.0736. The normalized spacial score (nSPS) is 30.0. The van der Waals surface area contributed by atoms with Crippen LogP contribution >= 0.6 is 8.25 Å². The Balaban J connectivity index is 2.05. The lowest BCUT2D eigenvalue weighted by molar-refractivity contribution is -0.0297. The van der Waals surface area contributed by atoms with Crippen molar-refractivity contribution in [2.24, 2.45) is 5.92 Å². The summed E-state index contributed by atoms with van der Waals surface area (Å²) in [6.07, 6.45) is 2.08. The van der Waals surface area contributed by atoms with Crippen molar-refractivity contribution >= 4 is 19.4 Å². The number of aromatic nitrogens is 4. The fourth-order valence-electron chi connectivity index (χ4n) is 2.87. The Morgan fingerprint density at radius 2 is 2.32 bits per heavy atom. The summed E-state index contributed by atoms with van der Waals surface area (Å²) in [4.78, 5) is 31.5. The second kappa shape index (κ2) is 5.92. The van der Waals surface area contributed by atoms with Crippen LogP contribution in [0.3, 0.4) is 0 Å². The largest absolute Gasteiger partial charge is 0.352 e. The van der Waals surface area contributed by atoms with E-state index in [1.54, 1.807) is 4.57 Å². The Morgan fingerprint density at radius 1 is 1.55 bits per heavy atom. The number of nitrogens with one attached hydrogen (secondary N) is 1. The number of nitrogens with zero attached hydrogens (tertiary/aromatic N) is 3. The van der Waals surface area contributed by atoms with Crippen molar-refractivity contribution in [2.75, 3.05) is 0 Å². The molecule has 1 unspecified atom stereocenters.